The van der Waals surface area contributed by atoms with E-state index in [4.69, 9.17) is 9.47 Å². The smallest absolute Gasteiger partial charge is 0.207 e. The van der Waals surface area contributed by atoms with Crippen molar-refractivity contribution in [2.75, 3.05) is 19.5 Å². The zero-order valence-electron chi connectivity index (χ0n) is 15.9. The van der Waals surface area contributed by atoms with Gasteiger partial charge in [0, 0.05) is 35.4 Å². The summed E-state index contributed by atoms with van der Waals surface area (Å²) in [5.74, 6) is 1.41. The van der Waals surface area contributed by atoms with Gasteiger partial charge in [-0.05, 0) is 25.1 Å². The summed E-state index contributed by atoms with van der Waals surface area (Å²) in [6, 6.07) is 11.6. The summed E-state index contributed by atoms with van der Waals surface area (Å²) in [6.07, 6.45) is 0. The highest BCUT2D eigenvalue weighted by Gasteiger charge is 2.17. The van der Waals surface area contributed by atoms with Gasteiger partial charge in [-0.2, -0.15) is 9.36 Å². The Morgan fingerprint density at radius 3 is 2.52 bits per heavy atom. The van der Waals surface area contributed by atoms with Crippen molar-refractivity contribution in [2.24, 2.45) is 0 Å². The van der Waals surface area contributed by atoms with E-state index in [1.54, 1.807) is 37.1 Å². The number of hydrogen-bond acceptors (Lipinski definition) is 8. The van der Waals surface area contributed by atoms with Gasteiger partial charge in [0.1, 0.15) is 17.3 Å². The van der Waals surface area contributed by atoms with E-state index in [-0.39, 0.29) is 5.82 Å². The number of nitrogens with one attached hydrogen (secondary N) is 1. The molecule has 148 valence electrons. The van der Waals surface area contributed by atoms with Crippen molar-refractivity contribution in [3.63, 3.8) is 0 Å². The Bertz CT molecular complexity index is 1140. The minimum absolute atomic E-state index is 0.342. The van der Waals surface area contributed by atoms with Crippen LogP contribution in [0.5, 0.6) is 11.5 Å². The van der Waals surface area contributed by atoms with Crippen LogP contribution in [0, 0.1) is 12.7 Å². The molecular weight excluding hydrogens is 395 g/mol. The number of ether oxygens (including phenoxy) is 2. The highest BCUT2D eigenvalue weighted by atomic mass is 32.1. The summed E-state index contributed by atoms with van der Waals surface area (Å²) in [6.45, 7) is 1.83. The lowest BCUT2D eigenvalue weighted by Crippen LogP contribution is -1.99. The summed E-state index contributed by atoms with van der Waals surface area (Å²) >= 11 is 1.19. The van der Waals surface area contributed by atoms with E-state index >= 15 is 0 Å². The third-order valence-electron chi connectivity index (χ3n) is 4.19. The molecule has 0 aliphatic heterocycles. The molecule has 2 aromatic carbocycles. The predicted octanol–water partition coefficient (Wildman–Crippen LogP) is 3.99. The fourth-order valence-corrected chi connectivity index (χ4v) is 3.35. The molecule has 0 radical (unpaired) electrons. The fraction of sp³-hybridized carbons (Fsp3) is 0.158. The van der Waals surface area contributed by atoms with E-state index in [2.05, 4.69) is 25.0 Å². The Balaban J connectivity index is 1.60. The maximum atomic E-state index is 13.5. The number of rotatable bonds is 6. The average molecular weight is 412 g/mol. The van der Waals surface area contributed by atoms with Gasteiger partial charge in [-0.15, -0.1) is 5.10 Å². The first-order valence-electron chi connectivity index (χ1n) is 8.60. The largest absolute Gasteiger partial charge is 0.497 e. The molecule has 0 spiro atoms. The predicted molar refractivity (Wildman–Crippen MR) is 108 cm³/mol. The third-order valence-corrected chi connectivity index (χ3v) is 4.82. The van der Waals surface area contributed by atoms with E-state index in [1.165, 1.54) is 23.7 Å². The molecular formula is C19H17FN6O2S. The van der Waals surface area contributed by atoms with Crippen LogP contribution in [0.1, 0.15) is 5.69 Å². The topological polar surface area (TPSA) is 87.0 Å². The highest BCUT2D eigenvalue weighted by Crippen LogP contribution is 2.30. The maximum absolute atomic E-state index is 13.5. The van der Waals surface area contributed by atoms with Gasteiger partial charge in [0.2, 0.25) is 5.13 Å². The van der Waals surface area contributed by atoms with Crippen LogP contribution in [0.3, 0.4) is 0 Å². The monoisotopic (exact) mass is 412 g/mol. The van der Waals surface area contributed by atoms with Gasteiger partial charge in [-0.3, -0.25) is 0 Å². The molecule has 0 aliphatic rings. The third kappa shape index (κ3) is 3.87. The number of aromatic nitrogens is 5. The molecule has 4 rings (SSSR count). The number of nitrogens with zero attached hydrogens (tertiary/aromatic N) is 5. The lowest BCUT2D eigenvalue weighted by Gasteiger charge is -2.08. The van der Waals surface area contributed by atoms with Gasteiger partial charge in [0.25, 0.3) is 0 Å². The zero-order valence-corrected chi connectivity index (χ0v) is 16.7. The molecule has 2 aromatic heterocycles. The summed E-state index contributed by atoms with van der Waals surface area (Å²) in [4.78, 5) is 4.50. The second-order valence-electron chi connectivity index (χ2n) is 6.06. The number of hydrogen-bond donors (Lipinski definition) is 1. The minimum Gasteiger partial charge on any atom is -0.497 e. The Hall–Kier alpha value is -3.53. The summed E-state index contributed by atoms with van der Waals surface area (Å²) in [5, 5.41) is 12.1. The molecule has 1 N–H and O–H groups in total. The van der Waals surface area contributed by atoms with E-state index in [1.807, 2.05) is 19.1 Å². The summed E-state index contributed by atoms with van der Waals surface area (Å²) in [7, 11) is 3.18. The van der Waals surface area contributed by atoms with Gasteiger partial charge in [-0.1, -0.05) is 11.3 Å². The highest BCUT2D eigenvalue weighted by molar-refractivity contribution is 7.09. The van der Waals surface area contributed by atoms with Crippen molar-refractivity contribution in [1.82, 2.24) is 24.4 Å². The molecule has 0 amide bonds. The average Bonchev–Trinajstić information content (AvgIpc) is 3.33. The first-order chi connectivity index (χ1) is 14.1. The van der Waals surface area contributed by atoms with Crippen molar-refractivity contribution in [3.05, 3.63) is 54.0 Å². The molecule has 10 heteroatoms. The van der Waals surface area contributed by atoms with Gasteiger partial charge >= 0.3 is 0 Å². The first kappa shape index (κ1) is 18.8. The molecule has 0 saturated carbocycles. The van der Waals surface area contributed by atoms with E-state index in [0.29, 0.717) is 39.5 Å². The van der Waals surface area contributed by atoms with Crippen molar-refractivity contribution >= 4 is 22.4 Å². The van der Waals surface area contributed by atoms with Crippen molar-refractivity contribution in [1.29, 1.82) is 0 Å². The Morgan fingerprint density at radius 2 is 1.83 bits per heavy atom. The molecule has 29 heavy (non-hydrogen) atoms. The standard InChI is InChI=1S/C19H17FN6O2S/c1-11-17(23-25-26(11)14-6-4-5-12(20)7-14)18-22-19(29-24-18)21-13-8-15(27-2)10-16(9-13)28-3/h4-10H,1-3H3,(H,21,22,24). The number of benzene rings is 2. The SMILES string of the molecule is COc1cc(Nc2nc(-c3nnn(-c4cccc(F)c4)c3C)ns2)cc(OC)c1. The van der Waals surface area contributed by atoms with Gasteiger partial charge in [-0.25, -0.2) is 9.07 Å². The van der Waals surface area contributed by atoms with Crippen LogP contribution in [0.15, 0.2) is 42.5 Å². The van der Waals surface area contributed by atoms with E-state index < -0.39 is 0 Å². The van der Waals surface area contributed by atoms with Crippen molar-refractivity contribution < 1.29 is 13.9 Å². The lowest BCUT2D eigenvalue weighted by atomic mass is 10.3. The van der Waals surface area contributed by atoms with Crippen LogP contribution >= 0.6 is 11.5 Å². The quantitative estimate of drug-likeness (QED) is 0.512. The maximum Gasteiger partial charge on any atom is 0.207 e. The summed E-state index contributed by atoms with van der Waals surface area (Å²) < 4.78 is 30.0. The molecule has 0 atom stereocenters. The lowest BCUT2D eigenvalue weighted by molar-refractivity contribution is 0.395. The number of anilines is 2. The van der Waals surface area contributed by atoms with Crippen LogP contribution in [0.25, 0.3) is 17.2 Å². The Kier molecular flexibility index (Phi) is 5.09. The van der Waals surface area contributed by atoms with Gasteiger partial charge < -0.3 is 14.8 Å². The Morgan fingerprint density at radius 1 is 1.07 bits per heavy atom. The number of methoxy groups -OCH3 is 2. The second kappa shape index (κ2) is 7.84. The Labute approximate surface area is 170 Å². The van der Waals surface area contributed by atoms with E-state index in [9.17, 15) is 4.39 Å². The van der Waals surface area contributed by atoms with Crippen molar-refractivity contribution in [3.8, 4) is 28.7 Å². The fourth-order valence-electron chi connectivity index (χ4n) is 2.76. The molecule has 0 saturated heterocycles. The van der Waals surface area contributed by atoms with Crippen LogP contribution in [0.4, 0.5) is 15.2 Å². The van der Waals surface area contributed by atoms with Gasteiger partial charge in [0.05, 0.1) is 25.6 Å². The molecule has 8 nitrogen and oxygen atoms in total. The van der Waals surface area contributed by atoms with Crippen LogP contribution in [-0.2, 0) is 0 Å². The minimum atomic E-state index is -0.342. The van der Waals surface area contributed by atoms with Crippen LogP contribution < -0.4 is 14.8 Å². The molecule has 0 bridgehead atoms. The summed E-state index contributed by atoms with van der Waals surface area (Å²) in [5.41, 5.74) is 2.58. The molecule has 4 aromatic rings. The van der Waals surface area contributed by atoms with E-state index in [0.717, 1.165) is 5.69 Å². The second-order valence-corrected chi connectivity index (χ2v) is 6.82. The van der Waals surface area contributed by atoms with Gasteiger partial charge in [0.15, 0.2) is 11.5 Å². The first-order valence-corrected chi connectivity index (χ1v) is 9.37. The van der Waals surface area contributed by atoms with Crippen LogP contribution in [0.2, 0.25) is 0 Å². The molecule has 2 heterocycles. The molecule has 0 fully saturated rings. The normalized spacial score (nSPS) is 10.8. The molecule has 0 aliphatic carbocycles. The van der Waals surface area contributed by atoms with Crippen LogP contribution in [-0.4, -0.2) is 38.6 Å². The molecule has 0 unspecified atom stereocenters. The zero-order chi connectivity index (χ0) is 20.4. The number of halogens is 1. The van der Waals surface area contributed by atoms with Crippen molar-refractivity contribution in [2.45, 2.75) is 6.92 Å².